The highest BCUT2D eigenvalue weighted by molar-refractivity contribution is 6.33. The molecule has 4 aliphatic rings. The van der Waals surface area contributed by atoms with E-state index in [0.717, 1.165) is 9.80 Å². The number of hydrogen-bond donors (Lipinski definition) is 1. The highest BCUT2D eigenvalue weighted by Gasteiger charge is 2.70. The van der Waals surface area contributed by atoms with Crippen molar-refractivity contribution in [2.24, 2.45) is 23.7 Å². The number of nitro benzene ring substituents is 1. The number of rotatable bonds is 5. The number of phenols is 1. The van der Waals surface area contributed by atoms with Crippen molar-refractivity contribution < 1.29 is 29.2 Å². The van der Waals surface area contributed by atoms with Crippen LogP contribution >= 0.6 is 23.2 Å². The van der Waals surface area contributed by atoms with E-state index in [0.29, 0.717) is 27.4 Å². The minimum absolute atomic E-state index is 0.0670. The molecule has 4 aromatic rings. The molecule has 2 aliphatic carbocycles. The summed E-state index contributed by atoms with van der Waals surface area (Å²) >= 11 is 13.3. The first-order chi connectivity index (χ1) is 24.0. The Morgan fingerprint density at radius 2 is 1.50 bits per heavy atom. The fourth-order valence-electron chi connectivity index (χ4n) is 8.84. The van der Waals surface area contributed by atoms with E-state index >= 15 is 4.79 Å². The summed E-state index contributed by atoms with van der Waals surface area (Å²) in [6.07, 6.45) is 2.12. The van der Waals surface area contributed by atoms with Crippen LogP contribution in [0.5, 0.6) is 5.75 Å². The summed E-state index contributed by atoms with van der Waals surface area (Å²) in [4.78, 5) is 71.6. The Labute approximate surface area is 295 Å². The van der Waals surface area contributed by atoms with Crippen molar-refractivity contribution in [3.05, 3.63) is 140 Å². The third-order valence-electron chi connectivity index (χ3n) is 10.8. The molecule has 2 heterocycles. The summed E-state index contributed by atoms with van der Waals surface area (Å²) in [5, 5.41) is 22.4. The van der Waals surface area contributed by atoms with E-state index in [4.69, 9.17) is 23.2 Å². The van der Waals surface area contributed by atoms with Gasteiger partial charge in [-0.15, -0.1) is 0 Å². The first-order valence-corrected chi connectivity index (χ1v) is 16.8. The molecule has 0 radical (unpaired) electrons. The van der Waals surface area contributed by atoms with Gasteiger partial charge in [0.25, 0.3) is 5.69 Å². The van der Waals surface area contributed by atoms with Gasteiger partial charge in [0.05, 0.1) is 39.5 Å². The lowest BCUT2D eigenvalue weighted by Gasteiger charge is -2.51. The van der Waals surface area contributed by atoms with Crippen molar-refractivity contribution in [1.82, 2.24) is 0 Å². The van der Waals surface area contributed by atoms with Crippen molar-refractivity contribution in [1.29, 1.82) is 0 Å². The van der Waals surface area contributed by atoms with Crippen molar-refractivity contribution in [2.75, 3.05) is 9.80 Å². The quantitative estimate of drug-likeness (QED) is 0.102. The van der Waals surface area contributed by atoms with Crippen molar-refractivity contribution in [2.45, 2.75) is 24.2 Å². The molecule has 3 fully saturated rings. The van der Waals surface area contributed by atoms with Crippen LogP contribution < -0.4 is 9.80 Å². The van der Waals surface area contributed by atoms with E-state index in [1.807, 2.05) is 24.3 Å². The average Bonchev–Trinajstić information content (AvgIpc) is 3.49. The fourth-order valence-corrected chi connectivity index (χ4v) is 9.31. The van der Waals surface area contributed by atoms with Gasteiger partial charge in [-0.3, -0.25) is 29.3 Å². The maximum Gasteiger partial charge on any atom is 0.271 e. The molecular weight excluding hydrogens is 681 g/mol. The number of imide groups is 2. The lowest BCUT2D eigenvalue weighted by molar-refractivity contribution is -0.384. The number of non-ortho nitro benzene ring substituents is 1. The zero-order valence-electron chi connectivity index (χ0n) is 26.1. The van der Waals surface area contributed by atoms with Gasteiger partial charge < -0.3 is 5.11 Å². The third kappa shape index (κ3) is 4.48. The van der Waals surface area contributed by atoms with Crippen molar-refractivity contribution >= 4 is 63.9 Å². The molecule has 2 aliphatic heterocycles. The number of phenolic OH excluding ortho intramolecular Hbond substituents is 1. The summed E-state index contributed by atoms with van der Waals surface area (Å²) < 4.78 is 0. The molecule has 1 N–H and O–H groups in total. The van der Waals surface area contributed by atoms with Crippen LogP contribution in [0.1, 0.15) is 29.9 Å². The van der Waals surface area contributed by atoms with Gasteiger partial charge in [0.15, 0.2) is 0 Å². The van der Waals surface area contributed by atoms with Crippen LogP contribution in [0.2, 0.25) is 10.0 Å². The number of carbonyl (C=O) groups excluding carboxylic acids is 4. The van der Waals surface area contributed by atoms with E-state index in [2.05, 4.69) is 0 Å². The van der Waals surface area contributed by atoms with Crippen molar-refractivity contribution in [3.63, 3.8) is 0 Å². The van der Waals surface area contributed by atoms with Crippen LogP contribution in [0.25, 0.3) is 0 Å². The lowest BCUT2D eigenvalue weighted by Crippen LogP contribution is -2.53. The molecule has 1 saturated carbocycles. The first-order valence-electron chi connectivity index (χ1n) is 16.0. The molecule has 6 atom stereocenters. The highest BCUT2D eigenvalue weighted by atomic mass is 35.5. The number of nitrogens with zero attached hydrogens (tertiary/aromatic N) is 3. The van der Waals surface area contributed by atoms with Crippen LogP contribution in [0.3, 0.4) is 0 Å². The number of hydrogen-bond acceptors (Lipinski definition) is 7. The number of halogens is 2. The Morgan fingerprint density at radius 3 is 2.20 bits per heavy atom. The van der Waals surface area contributed by atoms with E-state index < -0.39 is 63.6 Å². The van der Waals surface area contributed by atoms with Crippen LogP contribution in [0, 0.1) is 33.8 Å². The molecule has 4 amide bonds. The topological polar surface area (TPSA) is 138 Å². The molecular formula is C38H27Cl2N3O7. The molecule has 0 aromatic heterocycles. The molecule has 12 heteroatoms. The average molecular weight is 709 g/mol. The maximum absolute atomic E-state index is 15.2. The van der Waals surface area contributed by atoms with Gasteiger partial charge in [0, 0.05) is 28.1 Å². The van der Waals surface area contributed by atoms with E-state index in [-0.39, 0.29) is 35.0 Å². The number of aromatic hydroxyl groups is 1. The maximum atomic E-state index is 15.2. The van der Waals surface area contributed by atoms with Crippen LogP contribution in [-0.4, -0.2) is 33.7 Å². The minimum Gasteiger partial charge on any atom is -0.508 e. The molecule has 250 valence electrons. The molecule has 2 saturated heterocycles. The molecule has 0 bridgehead atoms. The Balaban J connectivity index is 1.34. The Hall–Kier alpha value is -5.32. The number of carbonyl (C=O) groups is 4. The second-order valence-corrected chi connectivity index (χ2v) is 13.9. The summed E-state index contributed by atoms with van der Waals surface area (Å²) in [5.74, 6) is -6.29. The van der Waals surface area contributed by atoms with Crippen LogP contribution in [0.15, 0.2) is 109 Å². The second kappa shape index (κ2) is 11.6. The Morgan fingerprint density at radius 1 is 0.780 bits per heavy atom. The first kappa shape index (κ1) is 31.9. The fraction of sp³-hybridized carbons (Fsp3) is 0.211. The predicted octanol–water partition coefficient (Wildman–Crippen LogP) is 6.97. The lowest BCUT2D eigenvalue weighted by atomic mass is 9.49. The van der Waals surface area contributed by atoms with E-state index in [1.165, 1.54) is 36.4 Å². The zero-order chi connectivity index (χ0) is 35.1. The number of allylic oxidation sites excluding steroid dienone is 2. The highest BCUT2D eigenvalue weighted by Crippen LogP contribution is 2.65. The van der Waals surface area contributed by atoms with Gasteiger partial charge >= 0.3 is 0 Å². The summed E-state index contributed by atoms with van der Waals surface area (Å²) in [5.41, 5.74) is 0.352. The van der Waals surface area contributed by atoms with Gasteiger partial charge in [-0.2, -0.15) is 0 Å². The molecule has 4 aromatic carbocycles. The molecule has 0 unspecified atom stereocenters. The van der Waals surface area contributed by atoms with Gasteiger partial charge in [-0.1, -0.05) is 83.4 Å². The van der Waals surface area contributed by atoms with Crippen LogP contribution in [-0.2, 0) is 24.6 Å². The molecule has 50 heavy (non-hydrogen) atoms. The van der Waals surface area contributed by atoms with Gasteiger partial charge in [0.1, 0.15) is 5.75 Å². The number of anilines is 2. The molecule has 0 spiro atoms. The molecule has 10 nitrogen and oxygen atoms in total. The normalized spacial score (nSPS) is 27.2. The predicted molar refractivity (Wildman–Crippen MR) is 185 cm³/mol. The standard InChI is InChI=1S/C38H27Cl2N3O7/c39-21-8-4-9-22(16-21)42-35(46)30-19-29-26(14-15-28-32(29)36(47)41(34(28)45)23-10-5-11-24(17-23)43(49)50)33(27-13-12-25(44)18-31(27)40)38(30,37(42)48)20-6-2-1-3-7-20/h1-14,16-18,28-30,32-33,44H,15,19H2/t28-,29+,30-,32-,33+,38+/m0/s1. The van der Waals surface area contributed by atoms with E-state index in [9.17, 15) is 29.6 Å². The zero-order valence-corrected chi connectivity index (χ0v) is 27.6. The smallest absolute Gasteiger partial charge is 0.271 e. The number of fused-ring (bicyclic) bond motifs is 4. The van der Waals surface area contributed by atoms with Crippen molar-refractivity contribution in [3.8, 4) is 5.75 Å². The largest absolute Gasteiger partial charge is 0.508 e. The molecule has 8 rings (SSSR count). The van der Waals surface area contributed by atoms with Gasteiger partial charge in [-0.25, -0.2) is 9.80 Å². The second-order valence-electron chi connectivity index (χ2n) is 13.1. The van der Waals surface area contributed by atoms with Gasteiger partial charge in [0.2, 0.25) is 23.6 Å². The van der Waals surface area contributed by atoms with E-state index in [1.54, 1.807) is 42.5 Å². The van der Waals surface area contributed by atoms with Gasteiger partial charge in [-0.05, 0) is 66.3 Å². The Kier molecular flexibility index (Phi) is 7.43. The summed E-state index contributed by atoms with van der Waals surface area (Å²) in [6.45, 7) is 0. The SMILES string of the molecule is O=C1[C@H]2[C@H](CC=C3[C@H]2C[C@H]2C(=O)N(c4cccc(Cl)c4)C(=O)[C@@]2(c2ccccc2)[C@H]3c2ccc(O)cc2Cl)C(=O)N1c1cccc([N+](=O)[O-])c1. The third-order valence-corrected chi connectivity index (χ3v) is 11.3. The monoisotopic (exact) mass is 707 g/mol. The number of nitro groups is 1. The summed E-state index contributed by atoms with van der Waals surface area (Å²) in [7, 11) is 0. The number of benzene rings is 4. The van der Waals surface area contributed by atoms with Crippen LogP contribution in [0.4, 0.5) is 17.1 Å². The minimum atomic E-state index is -1.53. The Bertz CT molecular complexity index is 2190. The summed E-state index contributed by atoms with van der Waals surface area (Å²) in [6, 6.07) is 25.4. The number of amides is 4.